The Morgan fingerprint density at radius 2 is 1.50 bits per heavy atom. The second kappa shape index (κ2) is 6.32. The molecule has 5 heteroatoms. The van der Waals surface area contributed by atoms with Gasteiger partial charge in [-0.25, -0.2) is 0 Å². The van der Waals surface area contributed by atoms with Crippen LogP contribution in [0, 0.1) is 5.92 Å². The van der Waals surface area contributed by atoms with Crippen LogP contribution in [-0.2, 0) is 0 Å². The van der Waals surface area contributed by atoms with Crippen molar-refractivity contribution in [2.75, 3.05) is 11.5 Å². The molecule has 1 aromatic carbocycles. The van der Waals surface area contributed by atoms with Crippen LogP contribution >= 0.6 is 0 Å². The first kappa shape index (κ1) is 14.2. The van der Waals surface area contributed by atoms with E-state index in [1.54, 1.807) is 0 Å². The van der Waals surface area contributed by atoms with Crippen LogP contribution in [0.5, 0.6) is 0 Å². The lowest BCUT2D eigenvalue weighted by atomic mass is 9.90. The maximum atomic E-state index is 5.69. The molecule has 20 heavy (non-hydrogen) atoms. The van der Waals surface area contributed by atoms with Gasteiger partial charge < -0.3 is 11.5 Å². The first-order valence-electron chi connectivity index (χ1n) is 6.88. The number of hydrogen-bond acceptors (Lipinski definition) is 5. The van der Waals surface area contributed by atoms with Crippen LogP contribution in [0.2, 0.25) is 0 Å². The molecule has 0 saturated carbocycles. The molecule has 0 aliphatic carbocycles. The smallest absolute Gasteiger partial charge is 0.225 e. The Bertz CT molecular complexity index is 533. The van der Waals surface area contributed by atoms with Crippen molar-refractivity contribution in [3.63, 3.8) is 0 Å². The van der Waals surface area contributed by atoms with Crippen LogP contribution in [-0.4, -0.2) is 15.0 Å². The molecule has 1 atom stereocenters. The summed E-state index contributed by atoms with van der Waals surface area (Å²) in [6.45, 7) is 4.41. The molecule has 2 aromatic rings. The molecule has 0 aliphatic rings. The Kier molecular flexibility index (Phi) is 4.50. The average Bonchev–Trinajstić information content (AvgIpc) is 2.38. The summed E-state index contributed by atoms with van der Waals surface area (Å²) in [6.07, 6.45) is 2.05. The molecule has 106 valence electrons. The van der Waals surface area contributed by atoms with E-state index in [2.05, 4.69) is 40.9 Å². The summed E-state index contributed by atoms with van der Waals surface area (Å²) >= 11 is 0. The highest BCUT2D eigenvalue weighted by atomic mass is 15.1. The van der Waals surface area contributed by atoms with Crippen molar-refractivity contribution in [1.29, 1.82) is 0 Å². The lowest BCUT2D eigenvalue weighted by molar-refractivity contribution is 0.519. The van der Waals surface area contributed by atoms with E-state index < -0.39 is 0 Å². The van der Waals surface area contributed by atoms with Crippen molar-refractivity contribution in [2.45, 2.75) is 32.6 Å². The molecule has 5 nitrogen and oxygen atoms in total. The van der Waals surface area contributed by atoms with Gasteiger partial charge in [-0.1, -0.05) is 44.2 Å². The Labute approximate surface area is 119 Å². The summed E-state index contributed by atoms with van der Waals surface area (Å²) in [5.74, 6) is 1.74. The molecule has 0 bridgehead atoms. The fourth-order valence-corrected chi connectivity index (χ4v) is 2.21. The van der Waals surface area contributed by atoms with E-state index in [1.807, 2.05) is 18.2 Å². The van der Waals surface area contributed by atoms with Crippen molar-refractivity contribution in [3.8, 4) is 0 Å². The van der Waals surface area contributed by atoms with Gasteiger partial charge >= 0.3 is 0 Å². The van der Waals surface area contributed by atoms with Crippen molar-refractivity contribution in [2.24, 2.45) is 5.92 Å². The van der Waals surface area contributed by atoms with Gasteiger partial charge in [-0.3, -0.25) is 0 Å². The van der Waals surface area contributed by atoms with Crippen LogP contribution in [0.4, 0.5) is 11.9 Å². The number of aromatic nitrogens is 3. The zero-order valence-corrected chi connectivity index (χ0v) is 12.0. The second-order valence-electron chi connectivity index (χ2n) is 5.34. The van der Waals surface area contributed by atoms with Crippen LogP contribution < -0.4 is 11.5 Å². The molecule has 0 aliphatic heterocycles. The molecule has 1 aromatic heterocycles. The highest BCUT2D eigenvalue weighted by molar-refractivity contribution is 5.32. The lowest BCUT2D eigenvalue weighted by Crippen LogP contribution is -2.12. The minimum atomic E-state index is 0.103. The number of anilines is 2. The van der Waals surface area contributed by atoms with Crippen LogP contribution in [0.25, 0.3) is 0 Å². The van der Waals surface area contributed by atoms with Crippen molar-refractivity contribution < 1.29 is 0 Å². The molecule has 1 heterocycles. The molecule has 4 N–H and O–H groups in total. The second-order valence-corrected chi connectivity index (χ2v) is 5.34. The minimum absolute atomic E-state index is 0.103. The Morgan fingerprint density at radius 3 is 2.05 bits per heavy atom. The van der Waals surface area contributed by atoms with Gasteiger partial charge in [0.2, 0.25) is 11.9 Å². The zero-order valence-electron chi connectivity index (χ0n) is 12.0. The maximum absolute atomic E-state index is 5.69. The standard InChI is InChI=1S/C15H21N5/c1-10(2)8-9-12(11-6-4-3-5-7-11)13-18-14(16)20-15(17)19-13/h3-7,10,12H,8-9H2,1-2H3,(H4,16,17,18,19,20). The normalized spacial score (nSPS) is 12.6. The van der Waals surface area contributed by atoms with E-state index in [0.717, 1.165) is 12.8 Å². The molecule has 0 amide bonds. The highest BCUT2D eigenvalue weighted by Crippen LogP contribution is 2.28. The Hall–Kier alpha value is -2.17. The van der Waals surface area contributed by atoms with Crippen molar-refractivity contribution in [1.82, 2.24) is 15.0 Å². The molecule has 0 saturated heterocycles. The molecule has 2 rings (SSSR count). The number of nitrogen functional groups attached to an aromatic ring is 2. The van der Waals surface area contributed by atoms with Crippen molar-refractivity contribution >= 4 is 11.9 Å². The number of nitrogens with two attached hydrogens (primary N) is 2. The topological polar surface area (TPSA) is 90.7 Å². The molecular formula is C15H21N5. The van der Waals surface area contributed by atoms with Crippen LogP contribution in [0.3, 0.4) is 0 Å². The highest BCUT2D eigenvalue weighted by Gasteiger charge is 2.18. The number of hydrogen-bond donors (Lipinski definition) is 2. The van der Waals surface area contributed by atoms with Gasteiger partial charge in [-0.2, -0.15) is 15.0 Å². The SMILES string of the molecule is CC(C)CCC(c1ccccc1)c1nc(N)nc(N)n1. The van der Waals surface area contributed by atoms with Gasteiger partial charge in [-0.05, 0) is 24.3 Å². The van der Waals surface area contributed by atoms with Gasteiger partial charge in [0.25, 0.3) is 0 Å². The molecule has 0 spiro atoms. The van der Waals surface area contributed by atoms with E-state index in [0.29, 0.717) is 11.7 Å². The first-order chi connectivity index (χ1) is 9.56. The molecule has 0 radical (unpaired) electrons. The fraction of sp³-hybridized carbons (Fsp3) is 0.400. The largest absolute Gasteiger partial charge is 0.368 e. The Balaban J connectivity index is 2.35. The van der Waals surface area contributed by atoms with E-state index >= 15 is 0 Å². The summed E-state index contributed by atoms with van der Waals surface area (Å²) < 4.78 is 0. The third-order valence-corrected chi connectivity index (χ3v) is 3.23. The van der Waals surface area contributed by atoms with Gasteiger partial charge in [0.1, 0.15) is 5.82 Å². The predicted octanol–water partition coefficient (Wildman–Crippen LogP) is 2.60. The third kappa shape index (κ3) is 3.66. The lowest BCUT2D eigenvalue weighted by Gasteiger charge is -2.17. The molecular weight excluding hydrogens is 250 g/mol. The fourth-order valence-electron chi connectivity index (χ4n) is 2.21. The summed E-state index contributed by atoms with van der Waals surface area (Å²) in [7, 11) is 0. The molecule has 1 unspecified atom stereocenters. The van der Waals surface area contributed by atoms with E-state index in [-0.39, 0.29) is 17.8 Å². The number of nitrogens with zero attached hydrogens (tertiary/aromatic N) is 3. The Morgan fingerprint density at radius 1 is 0.900 bits per heavy atom. The first-order valence-corrected chi connectivity index (χ1v) is 6.88. The third-order valence-electron chi connectivity index (χ3n) is 3.23. The van der Waals surface area contributed by atoms with Crippen molar-refractivity contribution in [3.05, 3.63) is 41.7 Å². The van der Waals surface area contributed by atoms with Gasteiger partial charge in [-0.15, -0.1) is 0 Å². The van der Waals surface area contributed by atoms with Crippen LogP contribution in [0.15, 0.2) is 30.3 Å². The van der Waals surface area contributed by atoms with Gasteiger partial charge in [0.15, 0.2) is 0 Å². The summed E-state index contributed by atoms with van der Waals surface area (Å²) in [5.41, 5.74) is 12.6. The van der Waals surface area contributed by atoms with E-state index in [1.165, 1.54) is 5.56 Å². The van der Waals surface area contributed by atoms with E-state index in [4.69, 9.17) is 11.5 Å². The maximum Gasteiger partial charge on any atom is 0.225 e. The predicted molar refractivity (Wildman–Crippen MR) is 81.0 cm³/mol. The quantitative estimate of drug-likeness (QED) is 0.872. The average molecular weight is 271 g/mol. The monoisotopic (exact) mass is 271 g/mol. The summed E-state index contributed by atoms with van der Waals surface area (Å²) in [4.78, 5) is 12.4. The van der Waals surface area contributed by atoms with Gasteiger partial charge in [0.05, 0.1) is 0 Å². The zero-order chi connectivity index (χ0) is 14.5. The minimum Gasteiger partial charge on any atom is -0.368 e. The summed E-state index contributed by atoms with van der Waals surface area (Å²) in [6, 6.07) is 10.2. The number of rotatable bonds is 5. The van der Waals surface area contributed by atoms with Gasteiger partial charge in [0, 0.05) is 5.92 Å². The summed E-state index contributed by atoms with van der Waals surface area (Å²) in [5, 5.41) is 0. The van der Waals surface area contributed by atoms with E-state index in [9.17, 15) is 0 Å². The molecule has 0 fully saturated rings. The van der Waals surface area contributed by atoms with Crippen LogP contribution in [0.1, 0.15) is 44.0 Å². The number of benzene rings is 1.